The molecular formula is C10H12FN. The van der Waals surface area contributed by atoms with Crippen LogP contribution in [0.3, 0.4) is 0 Å². The van der Waals surface area contributed by atoms with Crippen molar-refractivity contribution in [1.29, 1.82) is 0 Å². The third-order valence-electron chi connectivity index (χ3n) is 2.47. The van der Waals surface area contributed by atoms with Gasteiger partial charge in [0.1, 0.15) is 5.82 Å². The molecule has 1 atom stereocenters. The van der Waals surface area contributed by atoms with Gasteiger partial charge in [-0.2, -0.15) is 0 Å². The van der Waals surface area contributed by atoms with Crippen molar-refractivity contribution in [3.05, 3.63) is 35.1 Å². The Morgan fingerprint density at radius 3 is 3.08 bits per heavy atom. The van der Waals surface area contributed by atoms with Crippen molar-refractivity contribution < 1.29 is 4.39 Å². The van der Waals surface area contributed by atoms with Crippen LogP contribution >= 0.6 is 0 Å². The molecule has 0 fully saturated rings. The predicted octanol–water partition coefficient (Wildman–Crippen LogP) is 2.16. The number of fused-ring (bicyclic) bond motifs is 1. The van der Waals surface area contributed by atoms with Crippen molar-refractivity contribution in [3.8, 4) is 0 Å². The molecule has 2 rings (SSSR count). The van der Waals surface area contributed by atoms with Gasteiger partial charge in [0.2, 0.25) is 0 Å². The van der Waals surface area contributed by atoms with Crippen LogP contribution in [0.1, 0.15) is 30.0 Å². The number of aryl methyl sites for hydroxylation is 1. The summed E-state index contributed by atoms with van der Waals surface area (Å²) in [4.78, 5) is 0. The normalized spacial score (nSPS) is 22.0. The first-order valence-corrected chi connectivity index (χ1v) is 4.31. The molecule has 1 aromatic rings. The molecule has 0 amide bonds. The molecule has 0 aromatic heterocycles. The lowest BCUT2D eigenvalue weighted by Gasteiger charge is -2.21. The lowest BCUT2D eigenvalue weighted by Crippen LogP contribution is -2.17. The summed E-state index contributed by atoms with van der Waals surface area (Å²) in [5.74, 6) is -0.150. The van der Waals surface area contributed by atoms with Crippen molar-refractivity contribution in [3.63, 3.8) is 0 Å². The third-order valence-corrected chi connectivity index (χ3v) is 2.47. The first-order valence-electron chi connectivity index (χ1n) is 4.31. The molecule has 1 aromatic carbocycles. The first-order chi connectivity index (χ1) is 5.77. The van der Waals surface area contributed by atoms with Gasteiger partial charge in [-0.05, 0) is 42.5 Å². The summed E-state index contributed by atoms with van der Waals surface area (Å²) in [5.41, 5.74) is 8.09. The molecule has 0 bridgehead atoms. The Morgan fingerprint density at radius 1 is 1.42 bits per heavy atom. The number of hydrogen-bond donors (Lipinski definition) is 1. The molecule has 1 aliphatic carbocycles. The van der Waals surface area contributed by atoms with Crippen molar-refractivity contribution in [2.75, 3.05) is 0 Å². The SMILES string of the molecule is N[C@H]1CCCc2cc(F)ccc21. The Kier molecular flexibility index (Phi) is 1.85. The highest BCUT2D eigenvalue weighted by atomic mass is 19.1. The molecule has 12 heavy (non-hydrogen) atoms. The van der Waals surface area contributed by atoms with Gasteiger partial charge < -0.3 is 5.73 Å². The van der Waals surface area contributed by atoms with Gasteiger partial charge in [0.15, 0.2) is 0 Å². The van der Waals surface area contributed by atoms with E-state index in [0.717, 1.165) is 30.4 Å². The van der Waals surface area contributed by atoms with E-state index in [4.69, 9.17) is 5.73 Å². The lowest BCUT2D eigenvalue weighted by atomic mass is 9.88. The van der Waals surface area contributed by atoms with E-state index in [1.165, 1.54) is 6.07 Å². The number of benzene rings is 1. The molecule has 0 heterocycles. The maximum atomic E-state index is 12.8. The zero-order valence-electron chi connectivity index (χ0n) is 6.89. The average molecular weight is 165 g/mol. The fraction of sp³-hybridized carbons (Fsp3) is 0.400. The molecule has 64 valence electrons. The van der Waals surface area contributed by atoms with Crippen molar-refractivity contribution in [1.82, 2.24) is 0 Å². The number of hydrogen-bond acceptors (Lipinski definition) is 1. The monoisotopic (exact) mass is 165 g/mol. The maximum Gasteiger partial charge on any atom is 0.123 e. The van der Waals surface area contributed by atoms with Gasteiger partial charge in [-0.1, -0.05) is 6.07 Å². The van der Waals surface area contributed by atoms with Gasteiger partial charge in [0.25, 0.3) is 0 Å². The highest BCUT2D eigenvalue weighted by molar-refractivity contribution is 5.32. The van der Waals surface area contributed by atoms with Gasteiger partial charge in [-0.25, -0.2) is 4.39 Å². The molecule has 0 radical (unpaired) electrons. The highest BCUT2D eigenvalue weighted by Gasteiger charge is 2.16. The van der Waals surface area contributed by atoms with Crippen LogP contribution in [0.25, 0.3) is 0 Å². The Morgan fingerprint density at radius 2 is 2.25 bits per heavy atom. The van der Waals surface area contributed by atoms with Crippen molar-refractivity contribution in [2.24, 2.45) is 5.73 Å². The zero-order valence-corrected chi connectivity index (χ0v) is 6.89. The first kappa shape index (κ1) is 7.74. The molecule has 0 saturated heterocycles. The molecule has 0 aliphatic heterocycles. The fourth-order valence-corrected chi connectivity index (χ4v) is 1.82. The zero-order chi connectivity index (χ0) is 8.55. The van der Waals surface area contributed by atoms with Gasteiger partial charge in [-0.15, -0.1) is 0 Å². The van der Waals surface area contributed by atoms with Gasteiger partial charge >= 0.3 is 0 Å². The molecule has 1 nitrogen and oxygen atoms in total. The molecule has 0 spiro atoms. The minimum Gasteiger partial charge on any atom is -0.324 e. The quantitative estimate of drug-likeness (QED) is 0.626. The molecule has 1 aliphatic rings. The minimum absolute atomic E-state index is 0.120. The summed E-state index contributed by atoms with van der Waals surface area (Å²) in [6.07, 6.45) is 3.08. The topological polar surface area (TPSA) is 26.0 Å². The van der Waals surface area contributed by atoms with Crippen LogP contribution in [-0.4, -0.2) is 0 Å². The summed E-state index contributed by atoms with van der Waals surface area (Å²) < 4.78 is 12.8. The second kappa shape index (κ2) is 2.87. The minimum atomic E-state index is -0.150. The van der Waals surface area contributed by atoms with Crippen LogP contribution in [0.4, 0.5) is 4.39 Å². The van der Waals surface area contributed by atoms with Crippen LogP contribution in [-0.2, 0) is 6.42 Å². The Bertz CT molecular complexity index is 296. The van der Waals surface area contributed by atoms with E-state index in [9.17, 15) is 4.39 Å². The van der Waals surface area contributed by atoms with Gasteiger partial charge in [0, 0.05) is 6.04 Å². The lowest BCUT2D eigenvalue weighted by molar-refractivity contribution is 0.560. The highest BCUT2D eigenvalue weighted by Crippen LogP contribution is 2.27. The Labute approximate surface area is 71.4 Å². The van der Waals surface area contributed by atoms with Crippen LogP contribution in [0.5, 0.6) is 0 Å². The summed E-state index contributed by atoms with van der Waals surface area (Å²) in [6, 6.07) is 5.03. The number of halogens is 1. The van der Waals surface area contributed by atoms with Crippen molar-refractivity contribution in [2.45, 2.75) is 25.3 Å². The van der Waals surface area contributed by atoms with Crippen LogP contribution in [0.15, 0.2) is 18.2 Å². The fourth-order valence-electron chi connectivity index (χ4n) is 1.82. The number of nitrogens with two attached hydrogens (primary N) is 1. The smallest absolute Gasteiger partial charge is 0.123 e. The van der Waals surface area contributed by atoms with E-state index < -0.39 is 0 Å². The predicted molar refractivity (Wildman–Crippen MR) is 46.3 cm³/mol. The van der Waals surface area contributed by atoms with Gasteiger partial charge in [0.05, 0.1) is 0 Å². The molecule has 0 unspecified atom stereocenters. The van der Waals surface area contributed by atoms with Crippen LogP contribution in [0.2, 0.25) is 0 Å². The molecule has 0 saturated carbocycles. The second-order valence-electron chi connectivity index (χ2n) is 3.34. The second-order valence-corrected chi connectivity index (χ2v) is 3.34. The van der Waals surface area contributed by atoms with Gasteiger partial charge in [-0.3, -0.25) is 0 Å². The Hall–Kier alpha value is -0.890. The van der Waals surface area contributed by atoms with Crippen molar-refractivity contribution >= 4 is 0 Å². The molecule has 2 N–H and O–H groups in total. The standard InChI is InChI=1S/C10H12FN/c11-8-4-5-9-7(6-8)2-1-3-10(9)12/h4-6,10H,1-3,12H2/t10-/m0/s1. The molecular weight excluding hydrogens is 153 g/mol. The van der Waals surface area contributed by atoms with E-state index >= 15 is 0 Å². The van der Waals surface area contributed by atoms with E-state index in [-0.39, 0.29) is 11.9 Å². The summed E-state index contributed by atoms with van der Waals surface area (Å²) in [6.45, 7) is 0. The maximum absolute atomic E-state index is 12.8. The largest absolute Gasteiger partial charge is 0.324 e. The van der Waals surface area contributed by atoms with Crippen LogP contribution < -0.4 is 5.73 Å². The molecule has 2 heteroatoms. The summed E-state index contributed by atoms with van der Waals surface area (Å²) >= 11 is 0. The van der Waals surface area contributed by atoms with E-state index in [1.807, 2.05) is 6.07 Å². The Balaban J connectivity index is 2.46. The van der Waals surface area contributed by atoms with Crippen LogP contribution in [0, 0.1) is 5.82 Å². The summed E-state index contributed by atoms with van der Waals surface area (Å²) in [7, 11) is 0. The van der Waals surface area contributed by atoms with E-state index in [2.05, 4.69) is 0 Å². The van der Waals surface area contributed by atoms with E-state index in [0.29, 0.717) is 0 Å². The third kappa shape index (κ3) is 1.23. The van der Waals surface area contributed by atoms with E-state index in [1.54, 1.807) is 6.07 Å². The summed E-state index contributed by atoms with van der Waals surface area (Å²) in [5, 5.41) is 0. The average Bonchev–Trinajstić information content (AvgIpc) is 2.04. The number of rotatable bonds is 0.